The molecule has 0 aliphatic heterocycles. The lowest BCUT2D eigenvalue weighted by Crippen LogP contribution is -2.26. The van der Waals surface area contributed by atoms with E-state index in [-0.39, 0.29) is 0 Å². The largest absolute Gasteiger partial charge is 0.254 e. The molecule has 11 rings (SSSR count). The van der Waals surface area contributed by atoms with E-state index >= 15 is 0 Å². The average Bonchev–Trinajstić information content (AvgIpc) is 3.68. The molecule has 51 heavy (non-hydrogen) atoms. The lowest BCUT2D eigenvalue weighted by molar-refractivity contribution is 0.795. The van der Waals surface area contributed by atoms with Crippen molar-refractivity contribution in [1.29, 1.82) is 0 Å². The molecule has 2 aliphatic carbocycles. The number of aromatic nitrogens is 2. The monoisotopic (exact) mass is 646 g/mol. The Bertz CT molecular complexity index is 2790. The van der Waals surface area contributed by atoms with Crippen LogP contribution in [0.2, 0.25) is 0 Å². The summed E-state index contributed by atoms with van der Waals surface area (Å²) in [7, 11) is 0. The Hall–Kier alpha value is -6.64. The highest BCUT2D eigenvalue weighted by atomic mass is 14.8. The Morgan fingerprint density at radius 3 is 1.47 bits per heavy atom. The number of hydrogen-bond acceptors (Lipinski definition) is 2. The molecule has 0 fully saturated rings. The Morgan fingerprint density at radius 1 is 0.353 bits per heavy atom. The maximum Gasteiger partial charge on any atom is 0.0978 e. The van der Waals surface area contributed by atoms with Crippen LogP contribution in [0.1, 0.15) is 22.3 Å². The maximum atomic E-state index is 5.64. The molecule has 0 amide bonds. The average molecular weight is 647 g/mol. The van der Waals surface area contributed by atoms with Crippen molar-refractivity contribution >= 4 is 21.8 Å². The molecule has 0 atom stereocenters. The summed E-state index contributed by atoms with van der Waals surface area (Å²) in [4.78, 5) is 10.7. The van der Waals surface area contributed by atoms with Gasteiger partial charge < -0.3 is 0 Å². The van der Waals surface area contributed by atoms with Gasteiger partial charge in [-0.05, 0) is 78.9 Å². The minimum atomic E-state index is -0.475. The standard InChI is InChI=1S/C49H30N2/c1-3-14-31(15-4-1)33-28-29-50-47-38(33)26-27-39-41(32-16-5-2-6-17-32)30-45(51-48(39)47)40-22-13-21-37-36-20-9-12-25-44(36)49(46(37)40)42-23-10-7-18-34(42)35-19-8-11-24-43(35)49/h1-30H. The van der Waals surface area contributed by atoms with Crippen molar-refractivity contribution in [2.75, 3.05) is 0 Å². The van der Waals surface area contributed by atoms with Crippen LogP contribution in [0.3, 0.4) is 0 Å². The van der Waals surface area contributed by atoms with Crippen molar-refractivity contribution in [2.24, 2.45) is 0 Å². The summed E-state index contributed by atoms with van der Waals surface area (Å²) in [5.74, 6) is 0. The number of nitrogens with zero attached hydrogens (tertiary/aromatic N) is 2. The summed E-state index contributed by atoms with van der Waals surface area (Å²) in [6.45, 7) is 0. The Kier molecular flexibility index (Phi) is 5.91. The van der Waals surface area contributed by atoms with E-state index in [2.05, 4.69) is 176 Å². The van der Waals surface area contributed by atoms with Crippen molar-refractivity contribution in [2.45, 2.75) is 5.41 Å². The normalized spacial score (nSPS) is 13.3. The SMILES string of the molecule is c1ccc(-c2ccnc3c2ccc2c(-c4ccccc4)cc(-c4cccc5c4C4(c6ccccc6-c6ccccc64)c4ccccc4-5)nc23)cc1. The predicted octanol–water partition coefficient (Wildman–Crippen LogP) is 12.1. The number of rotatable bonds is 3. The molecule has 2 aromatic heterocycles. The van der Waals surface area contributed by atoms with Gasteiger partial charge in [0.2, 0.25) is 0 Å². The molecular weight excluding hydrogens is 617 g/mol. The van der Waals surface area contributed by atoms with Crippen LogP contribution in [0.25, 0.3) is 77.6 Å². The van der Waals surface area contributed by atoms with Gasteiger partial charge in [-0.15, -0.1) is 0 Å². The van der Waals surface area contributed by atoms with E-state index in [0.717, 1.165) is 49.8 Å². The zero-order chi connectivity index (χ0) is 33.5. The van der Waals surface area contributed by atoms with Crippen LogP contribution >= 0.6 is 0 Å². The van der Waals surface area contributed by atoms with Crippen LogP contribution < -0.4 is 0 Å². The van der Waals surface area contributed by atoms with E-state index in [1.165, 1.54) is 50.1 Å². The van der Waals surface area contributed by atoms with Crippen LogP contribution in [0.5, 0.6) is 0 Å². The van der Waals surface area contributed by atoms with Crippen LogP contribution in [0.15, 0.2) is 182 Å². The second-order valence-electron chi connectivity index (χ2n) is 13.6. The van der Waals surface area contributed by atoms with Gasteiger partial charge in [-0.1, -0.05) is 164 Å². The first kappa shape index (κ1) is 28.2. The second kappa shape index (κ2) is 10.7. The van der Waals surface area contributed by atoms with Crippen LogP contribution in [-0.4, -0.2) is 9.97 Å². The van der Waals surface area contributed by atoms with Gasteiger partial charge in [0.15, 0.2) is 0 Å². The lowest BCUT2D eigenvalue weighted by Gasteiger charge is -2.32. The van der Waals surface area contributed by atoms with Gasteiger partial charge in [0.05, 0.1) is 22.1 Å². The summed E-state index contributed by atoms with van der Waals surface area (Å²) in [5, 5.41) is 2.19. The molecule has 2 heteroatoms. The van der Waals surface area contributed by atoms with Gasteiger partial charge in [-0.3, -0.25) is 4.98 Å². The van der Waals surface area contributed by atoms with E-state index in [0.29, 0.717) is 0 Å². The van der Waals surface area contributed by atoms with Crippen molar-refractivity contribution in [3.8, 4) is 55.8 Å². The van der Waals surface area contributed by atoms with E-state index < -0.39 is 5.41 Å². The molecular formula is C49H30N2. The number of pyridine rings is 2. The fourth-order valence-corrected chi connectivity index (χ4v) is 9.13. The molecule has 236 valence electrons. The molecule has 7 aromatic carbocycles. The quantitative estimate of drug-likeness (QED) is 0.179. The van der Waals surface area contributed by atoms with Gasteiger partial charge in [0.25, 0.3) is 0 Å². The Labute approximate surface area is 296 Å². The van der Waals surface area contributed by atoms with Crippen LogP contribution in [-0.2, 0) is 5.41 Å². The first-order valence-electron chi connectivity index (χ1n) is 17.6. The van der Waals surface area contributed by atoms with Gasteiger partial charge >= 0.3 is 0 Å². The van der Waals surface area contributed by atoms with E-state index in [1.54, 1.807) is 0 Å². The van der Waals surface area contributed by atoms with E-state index in [4.69, 9.17) is 9.97 Å². The molecule has 0 radical (unpaired) electrons. The molecule has 0 unspecified atom stereocenters. The number of benzene rings is 7. The summed E-state index contributed by atoms with van der Waals surface area (Å²) < 4.78 is 0. The highest BCUT2D eigenvalue weighted by molar-refractivity contribution is 6.13. The number of hydrogen-bond donors (Lipinski definition) is 0. The van der Waals surface area contributed by atoms with Crippen molar-refractivity contribution in [3.05, 3.63) is 204 Å². The van der Waals surface area contributed by atoms with Crippen molar-refractivity contribution in [3.63, 3.8) is 0 Å². The topological polar surface area (TPSA) is 25.8 Å². The lowest BCUT2D eigenvalue weighted by atomic mass is 9.69. The van der Waals surface area contributed by atoms with Gasteiger partial charge in [0.1, 0.15) is 0 Å². The molecule has 0 saturated carbocycles. The van der Waals surface area contributed by atoms with E-state index in [9.17, 15) is 0 Å². The molecule has 1 spiro atoms. The highest BCUT2D eigenvalue weighted by Crippen LogP contribution is 2.64. The summed E-state index contributed by atoms with van der Waals surface area (Å²) in [5.41, 5.74) is 18.5. The minimum absolute atomic E-state index is 0.475. The molecule has 0 bridgehead atoms. The van der Waals surface area contributed by atoms with Gasteiger partial charge in [-0.25, -0.2) is 4.98 Å². The van der Waals surface area contributed by atoms with Crippen molar-refractivity contribution in [1.82, 2.24) is 9.97 Å². The summed E-state index contributed by atoms with van der Waals surface area (Å²) in [6, 6.07) is 63.9. The smallest absolute Gasteiger partial charge is 0.0978 e. The second-order valence-corrected chi connectivity index (χ2v) is 13.6. The molecule has 2 aliphatic rings. The summed E-state index contributed by atoms with van der Waals surface area (Å²) >= 11 is 0. The predicted molar refractivity (Wildman–Crippen MR) is 210 cm³/mol. The Balaban J connectivity index is 1.27. The zero-order valence-electron chi connectivity index (χ0n) is 27.7. The first-order valence-corrected chi connectivity index (χ1v) is 17.6. The zero-order valence-corrected chi connectivity index (χ0v) is 27.7. The Morgan fingerprint density at radius 2 is 0.843 bits per heavy atom. The van der Waals surface area contributed by atoms with Crippen LogP contribution in [0, 0.1) is 0 Å². The molecule has 0 saturated heterocycles. The maximum absolute atomic E-state index is 5.64. The molecule has 0 N–H and O–H groups in total. The van der Waals surface area contributed by atoms with Gasteiger partial charge in [0, 0.05) is 22.5 Å². The fraction of sp³-hybridized carbons (Fsp3) is 0.0204. The third kappa shape index (κ3) is 3.82. The summed E-state index contributed by atoms with van der Waals surface area (Å²) in [6.07, 6.45) is 1.93. The molecule has 2 heterocycles. The first-order chi connectivity index (χ1) is 25.3. The highest BCUT2D eigenvalue weighted by Gasteiger charge is 2.52. The number of fused-ring (bicyclic) bond motifs is 13. The van der Waals surface area contributed by atoms with Gasteiger partial charge in [-0.2, -0.15) is 0 Å². The van der Waals surface area contributed by atoms with E-state index in [1.807, 2.05) is 6.20 Å². The third-order valence-electron chi connectivity index (χ3n) is 11.1. The third-order valence-corrected chi connectivity index (χ3v) is 11.1. The van der Waals surface area contributed by atoms with Crippen molar-refractivity contribution < 1.29 is 0 Å². The molecule has 2 nitrogen and oxygen atoms in total. The minimum Gasteiger partial charge on any atom is -0.254 e. The molecule has 9 aromatic rings. The van der Waals surface area contributed by atoms with Crippen LogP contribution in [0.4, 0.5) is 0 Å². The fourth-order valence-electron chi connectivity index (χ4n) is 9.13.